The highest BCUT2D eigenvalue weighted by molar-refractivity contribution is 5.92. The quantitative estimate of drug-likeness (QED) is 0.881. The van der Waals surface area contributed by atoms with E-state index in [0.717, 1.165) is 0 Å². The van der Waals surface area contributed by atoms with Gasteiger partial charge in [-0.1, -0.05) is 0 Å². The van der Waals surface area contributed by atoms with Crippen LogP contribution < -0.4 is 19.9 Å². The summed E-state index contributed by atoms with van der Waals surface area (Å²) in [6, 6.07) is 8.08. The first-order valence-corrected chi connectivity index (χ1v) is 5.81. The molecule has 0 saturated carbocycles. The van der Waals surface area contributed by atoms with Gasteiger partial charge in [0.15, 0.2) is 0 Å². The summed E-state index contributed by atoms with van der Waals surface area (Å²) in [6.07, 6.45) is 1.49. The predicted octanol–water partition coefficient (Wildman–Crippen LogP) is 1.21. The summed E-state index contributed by atoms with van der Waals surface area (Å²) in [5.74, 6) is 0.0292. The Kier molecular flexibility index (Phi) is 4.05. The number of carboxylic acids is 1. The molecule has 2 rings (SSSR count). The minimum Gasteiger partial charge on any atom is -0.545 e. The van der Waals surface area contributed by atoms with Crippen molar-refractivity contribution in [1.29, 1.82) is 0 Å². The zero-order chi connectivity index (χ0) is 14.5. The van der Waals surface area contributed by atoms with E-state index in [9.17, 15) is 9.90 Å². The van der Waals surface area contributed by atoms with Crippen molar-refractivity contribution in [2.75, 3.05) is 19.5 Å². The van der Waals surface area contributed by atoms with Crippen LogP contribution >= 0.6 is 0 Å². The zero-order valence-corrected chi connectivity index (χ0v) is 11.0. The van der Waals surface area contributed by atoms with Crippen LogP contribution in [0, 0.1) is 0 Å². The summed E-state index contributed by atoms with van der Waals surface area (Å²) < 4.78 is 10.3. The highest BCUT2D eigenvalue weighted by Gasteiger charge is 2.09. The molecule has 0 aliphatic rings. The summed E-state index contributed by atoms with van der Waals surface area (Å²) in [6.45, 7) is 0. The van der Waals surface area contributed by atoms with Crippen molar-refractivity contribution >= 4 is 17.5 Å². The van der Waals surface area contributed by atoms with E-state index >= 15 is 0 Å². The van der Waals surface area contributed by atoms with Crippen LogP contribution in [0.25, 0.3) is 0 Å². The summed E-state index contributed by atoms with van der Waals surface area (Å²) in [4.78, 5) is 15.0. The van der Waals surface area contributed by atoms with Gasteiger partial charge >= 0.3 is 0 Å². The number of nitrogens with one attached hydrogen (secondary N) is 1. The number of pyridine rings is 1. The highest BCUT2D eigenvalue weighted by atomic mass is 16.5. The van der Waals surface area contributed by atoms with Crippen LogP contribution in [-0.4, -0.2) is 25.2 Å². The van der Waals surface area contributed by atoms with Gasteiger partial charge in [-0.2, -0.15) is 0 Å². The number of anilines is 2. The number of nitrogens with zero attached hydrogens (tertiary/aromatic N) is 1. The molecular formula is C14H13N2O4-. The van der Waals surface area contributed by atoms with E-state index < -0.39 is 5.97 Å². The standard InChI is InChI=1S/C14H14N2O4/c1-19-9-5-6-12(20-2)11(8-9)16-13-10(14(17)18)4-3-7-15-13/h3-8H,1-2H3,(H,15,16)(H,17,18)/p-1. The highest BCUT2D eigenvalue weighted by Crippen LogP contribution is 2.31. The van der Waals surface area contributed by atoms with Crippen LogP contribution in [0.15, 0.2) is 36.5 Å². The fourth-order valence-electron chi connectivity index (χ4n) is 1.71. The Balaban J connectivity index is 2.41. The molecule has 0 atom stereocenters. The zero-order valence-electron chi connectivity index (χ0n) is 11.0. The predicted molar refractivity (Wildman–Crippen MR) is 71.4 cm³/mol. The molecule has 0 aliphatic heterocycles. The number of methoxy groups -OCH3 is 2. The van der Waals surface area contributed by atoms with Crippen molar-refractivity contribution in [2.24, 2.45) is 0 Å². The molecule has 1 aromatic heterocycles. The van der Waals surface area contributed by atoms with Crippen LogP contribution in [0.5, 0.6) is 11.5 Å². The Bertz CT molecular complexity index is 628. The Morgan fingerprint density at radius 2 is 2.05 bits per heavy atom. The molecule has 0 bridgehead atoms. The Morgan fingerprint density at radius 1 is 1.25 bits per heavy atom. The summed E-state index contributed by atoms with van der Waals surface area (Å²) >= 11 is 0. The number of aromatic nitrogens is 1. The van der Waals surface area contributed by atoms with Crippen molar-refractivity contribution in [3.05, 3.63) is 42.1 Å². The van der Waals surface area contributed by atoms with E-state index in [1.807, 2.05) is 0 Å². The maximum Gasteiger partial charge on any atom is 0.142 e. The van der Waals surface area contributed by atoms with Crippen molar-refractivity contribution < 1.29 is 19.4 Å². The second-order valence-corrected chi connectivity index (χ2v) is 3.88. The third-order valence-corrected chi connectivity index (χ3v) is 2.69. The monoisotopic (exact) mass is 273 g/mol. The van der Waals surface area contributed by atoms with Crippen LogP contribution in [0.4, 0.5) is 11.5 Å². The molecule has 1 aromatic carbocycles. The van der Waals surface area contributed by atoms with E-state index in [-0.39, 0.29) is 11.4 Å². The van der Waals surface area contributed by atoms with Crippen molar-refractivity contribution in [2.45, 2.75) is 0 Å². The van der Waals surface area contributed by atoms with Crippen molar-refractivity contribution in [1.82, 2.24) is 4.98 Å². The van der Waals surface area contributed by atoms with Gasteiger partial charge in [0.2, 0.25) is 0 Å². The largest absolute Gasteiger partial charge is 0.545 e. The smallest absolute Gasteiger partial charge is 0.142 e. The number of carboxylic acid groups (broad SMARTS) is 1. The van der Waals surface area contributed by atoms with Gasteiger partial charge in [-0.3, -0.25) is 0 Å². The molecule has 104 valence electrons. The number of ether oxygens (including phenoxy) is 2. The van der Waals surface area contributed by atoms with Crippen molar-refractivity contribution in [3.63, 3.8) is 0 Å². The number of benzene rings is 1. The topological polar surface area (TPSA) is 83.5 Å². The third kappa shape index (κ3) is 2.80. The maximum atomic E-state index is 11.0. The average molecular weight is 273 g/mol. The fraction of sp³-hybridized carbons (Fsp3) is 0.143. The van der Waals surface area contributed by atoms with Gasteiger partial charge in [0, 0.05) is 17.8 Å². The van der Waals surface area contributed by atoms with E-state index in [0.29, 0.717) is 17.2 Å². The molecule has 0 spiro atoms. The van der Waals surface area contributed by atoms with Crippen LogP contribution in [-0.2, 0) is 0 Å². The molecule has 6 heteroatoms. The third-order valence-electron chi connectivity index (χ3n) is 2.69. The Labute approximate surface area is 116 Å². The SMILES string of the molecule is COc1ccc(OC)c(Nc2ncccc2C(=O)[O-])c1. The number of carbonyl (C=O) groups is 1. The number of carbonyl (C=O) groups excluding carboxylic acids is 1. The van der Waals surface area contributed by atoms with E-state index in [4.69, 9.17) is 9.47 Å². The summed E-state index contributed by atoms with van der Waals surface area (Å²) in [5.41, 5.74) is 0.519. The number of hydrogen-bond donors (Lipinski definition) is 1. The van der Waals surface area contributed by atoms with Gasteiger partial charge in [-0.25, -0.2) is 4.98 Å². The molecule has 6 nitrogen and oxygen atoms in total. The van der Waals surface area contributed by atoms with Crippen LogP contribution in [0.2, 0.25) is 0 Å². The summed E-state index contributed by atoms with van der Waals surface area (Å²) in [7, 11) is 3.06. The first kappa shape index (κ1) is 13.7. The normalized spacial score (nSPS) is 9.90. The minimum absolute atomic E-state index is 0.0302. The Morgan fingerprint density at radius 3 is 2.70 bits per heavy atom. The van der Waals surface area contributed by atoms with Gasteiger partial charge in [0.1, 0.15) is 17.3 Å². The lowest BCUT2D eigenvalue weighted by Crippen LogP contribution is -2.23. The molecule has 1 N–H and O–H groups in total. The molecule has 1 heterocycles. The lowest BCUT2D eigenvalue weighted by Gasteiger charge is -2.14. The second kappa shape index (κ2) is 5.92. The summed E-state index contributed by atoms with van der Waals surface area (Å²) in [5, 5.41) is 14.0. The number of aromatic carboxylic acids is 1. The van der Waals surface area contributed by atoms with Crippen LogP contribution in [0.3, 0.4) is 0 Å². The molecule has 0 fully saturated rings. The minimum atomic E-state index is -1.30. The first-order chi connectivity index (χ1) is 9.65. The molecule has 2 aromatic rings. The lowest BCUT2D eigenvalue weighted by molar-refractivity contribution is -0.254. The average Bonchev–Trinajstić information content (AvgIpc) is 2.47. The van der Waals surface area contributed by atoms with Crippen molar-refractivity contribution in [3.8, 4) is 11.5 Å². The molecule has 20 heavy (non-hydrogen) atoms. The molecule has 0 aliphatic carbocycles. The lowest BCUT2D eigenvalue weighted by atomic mass is 10.2. The molecule has 0 unspecified atom stereocenters. The molecule has 0 amide bonds. The maximum absolute atomic E-state index is 11.0. The molecule has 0 radical (unpaired) electrons. The van der Waals surface area contributed by atoms with Gasteiger partial charge in [-0.05, 0) is 24.3 Å². The van der Waals surface area contributed by atoms with E-state index in [1.54, 1.807) is 25.3 Å². The van der Waals surface area contributed by atoms with Gasteiger partial charge in [0.25, 0.3) is 0 Å². The van der Waals surface area contributed by atoms with Gasteiger partial charge < -0.3 is 24.7 Å². The Hall–Kier alpha value is -2.76. The number of rotatable bonds is 5. The second-order valence-electron chi connectivity index (χ2n) is 3.88. The number of hydrogen-bond acceptors (Lipinski definition) is 6. The fourth-order valence-corrected chi connectivity index (χ4v) is 1.71. The molecular weight excluding hydrogens is 260 g/mol. The van der Waals surface area contributed by atoms with E-state index in [2.05, 4.69) is 10.3 Å². The molecule has 0 saturated heterocycles. The van der Waals surface area contributed by atoms with Gasteiger partial charge in [-0.15, -0.1) is 0 Å². The van der Waals surface area contributed by atoms with E-state index in [1.165, 1.54) is 25.4 Å². The first-order valence-electron chi connectivity index (χ1n) is 5.81. The van der Waals surface area contributed by atoms with Gasteiger partial charge in [0.05, 0.1) is 25.9 Å². The van der Waals surface area contributed by atoms with Crippen LogP contribution in [0.1, 0.15) is 10.4 Å².